The number of carbonyl (C=O) groups excluding carboxylic acids is 1. The largest absolute Gasteiger partial charge is 0.308 e. The highest BCUT2D eigenvalue weighted by atomic mass is 32.2. The summed E-state index contributed by atoms with van der Waals surface area (Å²) in [5.41, 5.74) is 0.953. The molecule has 1 aromatic carbocycles. The Kier molecular flexibility index (Phi) is 4.33. The number of aromatic nitrogens is 1. The Bertz CT molecular complexity index is 871. The maximum atomic E-state index is 13.2. The number of nitrogens with zero attached hydrogens (tertiary/aromatic N) is 3. The molecule has 1 aliphatic heterocycles. The van der Waals surface area contributed by atoms with Crippen molar-refractivity contribution in [3.63, 3.8) is 0 Å². The molecule has 2 aromatic rings. The second-order valence-electron chi connectivity index (χ2n) is 5.51. The molecular weight excluding hydrogens is 333 g/mol. The molecule has 3 rings (SSSR count). The Labute approximate surface area is 139 Å². The molecule has 24 heavy (non-hydrogen) atoms. The number of hydrogen-bond acceptors (Lipinski definition) is 4. The van der Waals surface area contributed by atoms with E-state index >= 15 is 0 Å². The molecule has 126 valence electrons. The van der Waals surface area contributed by atoms with Gasteiger partial charge < -0.3 is 4.90 Å². The molecular formula is C16H16FN3O3S. The molecule has 0 radical (unpaired) electrons. The number of rotatable bonds is 3. The van der Waals surface area contributed by atoms with E-state index in [4.69, 9.17) is 0 Å². The van der Waals surface area contributed by atoms with Gasteiger partial charge in [0.15, 0.2) is 0 Å². The number of aryl methyl sites for hydroxylation is 1. The zero-order valence-corrected chi connectivity index (χ0v) is 13.8. The van der Waals surface area contributed by atoms with Crippen molar-refractivity contribution in [2.24, 2.45) is 0 Å². The molecule has 1 amide bonds. The van der Waals surface area contributed by atoms with Crippen LogP contribution in [-0.2, 0) is 14.8 Å². The van der Waals surface area contributed by atoms with Gasteiger partial charge in [-0.05, 0) is 42.8 Å². The van der Waals surface area contributed by atoms with Crippen molar-refractivity contribution in [1.82, 2.24) is 9.29 Å². The number of halogens is 1. The monoisotopic (exact) mass is 349 g/mol. The Morgan fingerprint density at radius 2 is 2.00 bits per heavy atom. The molecule has 0 bridgehead atoms. The van der Waals surface area contributed by atoms with E-state index in [-0.39, 0.29) is 30.4 Å². The molecule has 0 N–H and O–H groups in total. The van der Waals surface area contributed by atoms with Crippen molar-refractivity contribution in [2.45, 2.75) is 11.8 Å². The average Bonchev–Trinajstić information content (AvgIpc) is 2.55. The van der Waals surface area contributed by atoms with E-state index in [1.807, 2.05) is 0 Å². The van der Waals surface area contributed by atoms with Crippen molar-refractivity contribution in [3.8, 4) is 0 Å². The first-order valence-electron chi connectivity index (χ1n) is 7.36. The van der Waals surface area contributed by atoms with Gasteiger partial charge in [0, 0.05) is 19.3 Å². The zero-order valence-electron chi connectivity index (χ0n) is 13.0. The van der Waals surface area contributed by atoms with Crippen LogP contribution in [-0.4, -0.2) is 43.2 Å². The van der Waals surface area contributed by atoms with Gasteiger partial charge in [-0.25, -0.2) is 12.8 Å². The lowest BCUT2D eigenvalue weighted by Gasteiger charge is -2.33. The number of anilines is 1. The predicted octanol–water partition coefficient (Wildman–Crippen LogP) is 1.57. The van der Waals surface area contributed by atoms with E-state index in [0.717, 1.165) is 10.4 Å². The highest BCUT2D eigenvalue weighted by Crippen LogP contribution is 2.23. The van der Waals surface area contributed by atoms with Gasteiger partial charge in [0.25, 0.3) is 0 Å². The Balaban J connectivity index is 1.84. The van der Waals surface area contributed by atoms with Crippen LogP contribution in [0.2, 0.25) is 0 Å². The molecule has 0 spiro atoms. The zero-order chi connectivity index (χ0) is 17.3. The van der Waals surface area contributed by atoms with E-state index in [1.165, 1.54) is 24.0 Å². The summed E-state index contributed by atoms with van der Waals surface area (Å²) in [4.78, 5) is 17.9. The summed E-state index contributed by atoms with van der Waals surface area (Å²) >= 11 is 0. The van der Waals surface area contributed by atoms with Crippen molar-refractivity contribution in [3.05, 3.63) is 54.1 Å². The molecule has 0 aliphatic carbocycles. The van der Waals surface area contributed by atoms with E-state index in [1.54, 1.807) is 24.5 Å². The third-order valence-electron chi connectivity index (χ3n) is 3.90. The Morgan fingerprint density at radius 3 is 2.62 bits per heavy atom. The first-order valence-corrected chi connectivity index (χ1v) is 8.80. The number of amides is 1. The van der Waals surface area contributed by atoms with Crippen LogP contribution in [0.5, 0.6) is 0 Å². The van der Waals surface area contributed by atoms with Crippen LogP contribution < -0.4 is 4.90 Å². The summed E-state index contributed by atoms with van der Waals surface area (Å²) in [5.74, 6) is -0.818. The number of benzene rings is 1. The fourth-order valence-electron chi connectivity index (χ4n) is 2.68. The molecule has 6 nitrogen and oxygen atoms in total. The Hall–Kier alpha value is -2.32. The van der Waals surface area contributed by atoms with Crippen LogP contribution >= 0.6 is 0 Å². The summed E-state index contributed by atoms with van der Waals surface area (Å²) in [6.45, 7) is 1.68. The highest BCUT2D eigenvalue weighted by Gasteiger charge is 2.34. The van der Waals surface area contributed by atoms with Crippen molar-refractivity contribution >= 4 is 21.6 Å². The highest BCUT2D eigenvalue weighted by molar-refractivity contribution is 7.89. The normalized spacial score (nSPS) is 16.4. The van der Waals surface area contributed by atoms with Gasteiger partial charge in [-0.3, -0.25) is 9.78 Å². The topological polar surface area (TPSA) is 70.6 Å². The number of piperazine rings is 1. The minimum Gasteiger partial charge on any atom is -0.308 e. The van der Waals surface area contributed by atoms with Crippen LogP contribution in [0.15, 0.2) is 47.6 Å². The maximum Gasteiger partial charge on any atom is 0.243 e. The number of pyridine rings is 1. The van der Waals surface area contributed by atoms with Crippen molar-refractivity contribution in [1.29, 1.82) is 0 Å². The van der Waals surface area contributed by atoms with Gasteiger partial charge >= 0.3 is 0 Å². The smallest absolute Gasteiger partial charge is 0.243 e. The van der Waals surface area contributed by atoms with Crippen LogP contribution in [0.3, 0.4) is 0 Å². The third-order valence-corrected chi connectivity index (χ3v) is 5.90. The summed E-state index contributed by atoms with van der Waals surface area (Å²) in [7, 11) is -3.84. The fraction of sp³-hybridized carbons (Fsp3) is 0.250. The van der Waals surface area contributed by atoms with Gasteiger partial charge in [0.2, 0.25) is 15.9 Å². The third kappa shape index (κ3) is 3.02. The lowest BCUT2D eigenvalue weighted by atomic mass is 10.2. The van der Waals surface area contributed by atoms with Crippen LogP contribution in [0, 0.1) is 12.7 Å². The summed E-state index contributed by atoms with van der Waals surface area (Å²) in [6.07, 6.45) is 3.16. The average molecular weight is 349 g/mol. The van der Waals surface area contributed by atoms with Crippen molar-refractivity contribution < 1.29 is 17.6 Å². The first-order chi connectivity index (χ1) is 11.4. The molecule has 1 aliphatic rings. The fourth-order valence-corrected chi connectivity index (χ4v) is 4.27. The molecule has 2 heterocycles. The number of carbonyl (C=O) groups is 1. The Morgan fingerprint density at radius 1 is 1.21 bits per heavy atom. The summed E-state index contributed by atoms with van der Waals surface area (Å²) < 4.78 is 39.8. The summed E-state index contributed by atoms with van der Waals surface area (Å²) in [6, 6.07) is 6.97. The minimum atomic E-state index is -3.84. The minimum absolute atomic E-state index is 0.0199. The number of hydrogen-bond donors (Lipinski definition) is 0. The molecule has 1 saturated heterocycles. The van der Waals surface area contributed by atoms with E-state index < -0.39 is 15.8 Å². The van der Waals surface area contributed by atoms with E-state index in [0.29, 0.717) is 11.3 Å². The lowest BCUT2D eigenvalue weighted by molar-refractivity contribution is -0.119. The standard InChI is InChI=1S/C16H16FN3O3S/c1-12-9-13(17)4-5-15(12)24(22,23)19-7-8-20(16(21)11-19)14-3-2-6-18-10-14/h2-6,9-10H,7-8,11H2,1H3. The lowest BCUT2D eigenvalue weighted by Crippen LogP contribution is -2.52. The number of sulfonamides is 1. The first kappa shape index (κ1) is 16.5. The van der Waals surface area contributed by atoms with Gasteiger partial charge in [0.1, 0.15) is 5.82 Å². The molecule has 1 aromatic heterocycles. The molecule has 0 unspecified atom stereocenters. The molecule has 1 fully saturated rings. The van der Waals surface area contributed by atoms with Gasteiger partial charge in [-0.2, -0.15) is 4.31 Å². The second-order valence-corrected chi connectivity index (χ2v) is 7.41. The molecule has 0 saturated carbocycles. The summed E-state index contributed by atoms with van der Waals surface area (Å²) in [5, 5.41) is 0. The maximum absolute atomic E-state index is 13.2. The van der Waals surface area contributed by atoms with Crippen LogP contribution in [0.25, 0.3) is 0 Å². The van der Waals surface area contributed by atoms with Crippen molar-refractivity contribution in [2.75, 3.05) is 24.5 Å². The molecule has 0 atom stereocenters. The molecule has 8 heteroatoms. The van der Waals surface area contributed by atoms with E-state index in [9.17, 15) is 17.6 Å². The second kappa shape index (κ2) is 6.29. The van der Waals surface area contributed by atoms with Gasteiger partial charge in [0.05, 0.1) is 23.3 Å². The SMILES string of the molecule is Cc1cc(F)ccc1S(=O)(=O)N1CCN(c2cccnc2)C(=O)C1. The van der Waals surface area contributed by atoms with Crippen LogP contribution in [0.4, 0.5) is 10.1 Å². The van der Waals surface area contributed by atoms with E-state index in [2.05, 4.69) is 4.98 Å². The van der Waals surface area contributed by atoms with Gasteiger partial charge in [-0.15, -0.1) is 0 Å². The quantitative estimate of drug-likeness (QED) is 0.843. The van der Waals surface area contributed by atoms with Crippen LogP contribution in [0.1, 0.15) is 5.56 Å². The van der Waals surface area contributed by atoms with Gasteiger partial charge in [-0.1, -0.05) is 0 Å². The predicted molar refractivity (Wildman–Crippen MR) is 86.5 cm³/mol.